The molecule has 1 aliphatic heterocycles. The van der Waals surface area contributed by atoms with E-state index in [-0.39, 0.29) is 17.4 Å². The van der Waals surface area contributed by atoms with E-state index in [1.54, 1.807) is 24.1 Å². The van der Waals surface area contributed by atoms with Crippen LogP contribution >= 0.6 is 0 Å². The third kappa shape index (κ3) is 4.28. The molecule has 4 aromatic rings. The number of aromatic nitrogens is 4. The fourth-order valence-electron chi connectivity index (χ4n) is 3.67. The van der Waals surface area contributed by atoms with Crippen LogP contribution in [0.25, 0.3) is 16.9 Å². The molecule has 168 valence electrons. The third-order valence-electron chi connectivity index (χ3n) is 5.38. The van der Waals surface area contributed by atoms with Crippen molar-refractivity contribution in [2.45, 2.75) is 0 Å². The summed E-state index contributed by atoms with van der Waals surface area (Å²) < 4.78 is 14.0. The lowest BCUT2D eigenvalue weighted by Gasteiger charge is -2.26. The molecule has 0 unspecified atom stereocenters. The third-order valence-corrected chi connectivity index (χ3v) is 5.38. The molecule has 5 rings (SSSR count). The van der Waals surface area contributed by atoms with Crippen molar-refractivity contribution in [1.82, 2.24) is 24.1 Å². The maximum Gasteiger partial charge on any atom is 0.418 e. The van der Waals surface area contributed by atoms with Crippen LogP contribution in [0.1, 0.15) is 10.4 Å². The highest BCUT2D eigenvalue weighted by Gasteiger charge is 2.26. The van der Waals surface area contributed by atoms with Crippen LogP contribution in [0, 0.1) is 0 Å². The van der Waals surface area contributed by atoms with E-state index >= 15 is 0 Å². The second-order valence-corrected chi connectivity index (χ2v) is 7.58. The number of benzene rings is 1. The number of nitrogens with one attached hydrogen (secondary N) is 1. The Morgan fingerprint density at radius 2 is 1.91 bits per heavy atom. The lowest BCUT2D eigenvalue weighted by molar-refractivity contribution is 0.0301. The fraction of sp³-hybridized carbons (Fsp3) is 0.217. The fourth-order valence-corrected chi connectivity index (χ4v) is 3.67. The lowest BCUT2D eigenvalue weighted by atomic mass is 10.2. The number of carbonyl (C=O) groups is 2. The molecular weight excluding hydrogens is 424 g/mol. The predicted octanol–water partition coefficient (Wildman–Crippen LogP) is 2.82. The van der Waals surface area contributed by atoms with Gasteiger partial charge in [-0.15, -0.1) is 0 Å². The van der Waals surface area contributed by atoms with Crippen molar-refractivity contribution in [2.75, 3.05) is 31.6 Å². The number of fused-ring (bicyclic) bond motifs is 1. The molecule has 0 spiro atoms. The number of hydrogen-bond donors (Lipinski definition) is 1. The summed E-state index contributed by atoms with van der Waals surface area (Å²) >= 11 is 0. The van der Waals surface area contributed by atoms with Crippen molar-refractivity contribution < 1.29 is 19.1 Å². The van der Waals surface area contributed by atoms with Crippen molar-refractivity contribution in [2.24, 2.45) is 7.05 Å². The van der Waals surface area contributed by atoms with Gasteiger partial charge in [-0.3, -0.25) is 10.1 Å². The number of amides is 2. The molecule has 1 saturated heterocycles. The van der Waals surface area contributed by atoms with Crippen LogP contribution in [0.3, 0.4) is 0 Å². The summed E-state index contributed by atoms with van der Waals surface area (Å²) in [5.74, 6) is -0.168. The van der Waals surface area contributed by atoms with Gasteiger partial charge in [0.1, 0.15) is 11.2 Å². The number of aryl methyl sites for hydroxylation is 1. The van der Waals surface area contributed by atoms with Crippen LogP contribution in [0.15, 0.2) is 61.1 Å². The minimum absolute atomic E-state index is 0.0808. The first-order valence-electron chi connectivity index (χ1n) is 10.5. The number of hydrogen-bond acceptors (Lipinski definition) is 6. The molecule has 1 N–H and O–H groups in total. The van der Waals surface area contributed by atoms with E-state index in [0.717, 1.165) is 11.3 Å². The Hall–Kier alpha value is -4.18. The second kappa shape index (κ2) is 8.75. The van der Waals surface area contributed by atoms with Crippen LogP contribution in [-0.2, 0) is 11.8 Å². The van der Waals surface area contributed by atoms with Gasteiger partial charge in [-0.2, -0.15) is 5.10 Å². The highest BCUT2D eigenvalue weighted by Crippen LogP contribution is 2.22. The van der Waals surface area contributed by atoms with E-state index in [9.17, 15) is 9.59 Å². The minimum Gasteiger partial charge on any atom is -0.390 e. The average molecular weight is 446 g/mol. The van der Waals surface area contributed by atoms with Crippen molar-refractivity contribution in [3.8, 4) is 17.1 Å². The SMILES string of the molecule is Cn1ncc(C(=O)N2CCOCC2)c1OC(=O)Nc1ccn2cc(-c3ccccc3)nc2c1. The van der Waals surface area contributed by atoms with Crippen LogP contribution in [0.2, 0.25) is 0 Å². The van der Waals surface area contributed by atoms with Gasteiger partial charge in [-0.25, -0.2) is 14.5 Å². The predicted molar refractivity (Wildman–Crippen MR) is 120 cm³/mol. The van der Waals surface area contributed by atoms with Crippen LogP contribution in [0.4, 0.5) is 10.5 Å². The van der Waals surface area contributed by atoms with Crippen molar-refractivity contribution in [3.05, 3.63) is 66.6 Å². The van der Waals surface area contributed by atoms with E-state index in [0.29, 0.717) is 37.6 Å². The molecule has 0 aliphatic carbocycles. The molecule has 1 fully saturated rings. The Morgan fingerprint density at radius 1 is 1.12 bits per heavy atom. The number of anilines is 1. The first-order valence-corrected chi connectivity index (χ1v) is 10.5. The van der Waals surface area contributed by atoms with Crippen molar-refractivity contribution in [1.29, 1.82) is 0 Å². The molecule has 0 atom stereocenters. The van der Waals surface area contributed by atoms with Crippen LogP contribution in [-0.4, -0.2) is 62.4 Å². The lowest BCUT2D eigenvalue weighted by Crippen LogP contribution is -2.40. The zero-order valence-corrected chi connectivity index (χ0v) is 18.0. The molecule has 0 radical (unpaired) electrons. The van der Waals surface area contributed by atoms with Gasteiger partial charge in [0.25, 0.3) is 5.91 Å². The van der Waals surface area contributed by atoms with Gasteiger partial charge < -0.3 is 18.8 Å². The summed E-state index contributed by atoms with van der Waals surface area (Å²) in [6.07, 6.45) is 4.41. The molecule has 0 saturated carbocycles. The highest BCUT2D eigenvalue weighted by molar-refractivity contribution is 5.97. The normalized spacial score (nSPS) is 13.8. The minimum atomic E-state index is -0.728. The number of pyridine rings is 1. The summed E-state index contributed by atoms with van der Waals surface area (Å²) in [6, 6.07) is 13.3. The van der Waals surface area contributed by atoms with E-state index in [1.165, 1.54) is 10.9 Å². The number of carbonyl (C=O) groups excluding carboxylic acids is 2. The number of morpholine rings is 1. The number of imidazole rings is 1. The topological polar surface area (TPSA) is 103 Å². The summed E-state index contributed by atoms with van der Waals surface area (Å²) in [7, 11) is 1.61. The van der Waals surface area contributed by atoms with Gasteiger partial charge in [0.2, 0.25) is 5.88 Å². The Kier molecular flexibility index (Phi) is 5.49. The number of ether oxygens (including phenoxy) is 2. The largest absolute Gasteiger partial charge is 0.418 e. The second-order valence-electron chi connectivity index (χ2n) is 7.58. The molecule has 1 aromatic carbocycles. The Bertz CT molecular complexity index is 1310. The quantitative estimate of drug-likeness (QED) is 0.517. The van der Waals surface area contributed by atoms with E-state index in [4.69, 9.17) is 9.47 Å². The molecule has 3 aromatic heterocycles. The van der Waals surface area contributed by atoms with Crippen LogP contribution < -0.4 is 10.1 Å². The number of nitrogens with zero attached hydrogens (tertiary/aromatic N) is 5. The molecule has 10 heteroatoms. The van der Waals surface area contributed by atoms with E-state index in [2.05, 4.69) is 15.4 Å². The van der Waals surface area contributed by atoms with Crippen LogP contribution in [0.5, 0.6) is 5.88 Å². The van der Waals surface area contributed by atoms with Gasteiger partial charge in [0.05, 0.1) is 25.1 Å². The van der Waals surface area contributed by atoms with E-state index < -0.39 is 6.09 Å². The first-order chi connectivity index (χ1) is 16.1. The Morgan fingerprint density at radius 3 is 2.70 bits per heavy atom. The summed E-state index contributed by atoms with van der Waals surface area (Å²) in [6.45, 7) is 1.92. The monoisotopic (exact) mass is 446 g/mol. The Balaban J connectivity index is 1.31. The van der Waals surface area contributed by atoms with Gasteiger partial charge in [-0.1, -0.05) is 30.3 Å². The van der Waals surface area contributed by atoms with Gasteiger partial charge >= 0.3 is 6.09 Å². The van der Waals surface area contributed by atoms with Gasteiger partial charge in [0.15, 0.2) is 0 Å². The molecule has 10 nitrogen and oxygen atoms in total. The zero-order chi connectivity index (χ0) is 22.8. The summed E-state index contributed by atoms with van der Waals surface area (Å²) in [5.41, 5.74) is 3.25. The number of rotatable bonds is 4. The highest BCUT2D eigenvalue weighted by atomic mass is 16.6. The maximum absolute atomic E-state index is 12.8. The molecule has 0 bridgehead atoms. The smallest absolute Gasteiger partial charge is 0.390 e. The summed E-state index contributed by atoms with van der Waals surface area (Å²) in [5, 5.41) is 6.78. The maximum atomic E-state index is 12.8. The van der Waals surface area contributed by atoms with E-state index in [1.807, 2.05) is 47.1 Å². The van der Waals surface area contributed by atoms with Gasteiger partial charge in [0, 0.05) is 49.8 Å². The average Bonchev–Trinajstić information content (AvgIpc) is 3.43. The molecule has 33 heavy (non-hydrogen) atoms. The van der Waals surface area contributed by atoms with Gasteiger partial charge in [-0.05, 0) is 6.07 Å². The standard InChI is InChI=1S/C23H22N6O4/c1-27-22(18(14-24-27)21(30)28-9-11-32-12-10-28)33-23(31)25-17-7-8-29-15-19(26-20(29)13-17)16-5-3-2-4-6-16/h2-8,13-15H,9-12H2,1H3,(H,25,31). The molecule has 4 heterocycles. The van der Waals surface area contributed by atoms with Crippen molar-refractivity contribution in [3.63, 3.8) is 0 Å². The molecule has 2 amide bonds. The summed E-state index contributed by atoms with van der Waals surface area (Å²) in [4.78, 5) is 31.7. The first kappa shape index (κ1) is 20.7. The molecule has 1 aliphatic rings. The Labute approximate surface area is 189 Å². The van der Waals surface area contributed by atoms with Crippen molar-refractivity contribution >= 4 is 23.3 Å². The molecular formula is C23H22N6O4. The zero-order valence-electron chi connectivity index (χ0n) is 18.0.